The van der Waals surface area contributed by atoms with E-state index in [-0.39, 0.29) is 0 Å². The summed E-state index contributed by atoms with van der Waals surface area (Å²) >= 11 is 0. The molecule has 0 aliphatic heterocycles. The van der Waals surface area contributed by atoms with Gasteiger partial charge in [0.25, 0.3) is 0 Å². The lowest BCUT2D eigenvalue weighted by Crippen LogP contribution is -2.13. The number of anilines is 1. The highest BCUT2D eigenvalue weighted by Crippen LogP contribution is 2.13. The van der Waals surface area contributed by atoms with Crippen molar-refractivity contribution < 1.29 is 0 Å². The molecule has 1 aromatic rings. The highest BCUT2D eigenvalue weighted by atomic mass is 15.2. The molecule has 3 N–H and O–H groups in total. The van der Waals surface area contributed by atoms with Crippen molar-refractivity contribution in [1.82, 2.24) is 15.1 Å². The molecule has 0 radical (unpaired) electrons. The van der Waals surface area contributed by atoms with Crippen molar-refractivity contribution in [3.63, 3.8) is 0 Å². The Balaban J connectivity index is 0.00000106. The lowest BCUT2D eigenvalue weighted by Gasteiger charge is -2.07. The van der Waals surface area contributed by atoms with Crippen LogP contribution < -0.4 is 5.73 Å². The average molecular weight is 223 g/mol. The molecular formula is C11H21N5. The number of aromatic nitrogens is 2. The molecule has 0 aliphatic carbocycles. The first-order valence-electron chi connectivity index (χ1n) is 5.52. The third kappa shape index (κ3) is 4.32. The maximum Gasteiger partial charge on any atom is 0.163 e. The molecular weight excluding hydrogens is 202 g/mol. The maximum absolute atomic E-state index is 8.80. The molecule has 5 nitrogen and oxygen atoms in total. The average Bonchev–Trinajstić information content (AvgIpc) is 2.62. The third-order valence-corrected chi connectivity index (χ3v) is 2.01. The number of hydrogen-bond donors (Lipinski definition) is 2. The van der Waals surface area contributed by atoms with Gasteiger partial charge >= 0.3 is 0 Å². The molecule has 0 fully saturated rings. The van der Waals surface area contributed by atoms with Gasteiger partial charge in [-0.25, -0.2) is 0 Å². The Labute approximate surface area is 97.2 Å². The van der Waals surface area contributed by atoms with Gasteiger partial charge in [-0.3, -0.25) is 5.10 Å². The standard InChI is InChI=1S/C9H15N5.C2H6/c1-14(2)5-3-4-8-7(6-10)9(11)13-12-8;1-2/h3-5H2,1-2H3,(H3,11,12,13);1-2H3. The number of H-pyrrole nitrogens is 1. The molecule has 0 saturated carbocycles. The van der Waals surface area contributed by atoms with Crippen LogP contribution in [0.2, 0.25) is 0 Å². The lowest BCUT2D eigenvalue weighted by atomic mass is 10.1. The molecule has 5 heteroatoms. The van der Waals surface area contributed by atoms with Gasteiger partial charge in [-0.05, 0) is 33.5 Å². The number of aryl methyl sites for hydroxylation is 1. The van der Waals surface area contributed by atoms with E-state index in [2.05, 4.69) is 15.1 Å². The Kier molecular flexibility index (Phi) is 6.97. The van der Waals surface area contributed by atoms with Crippen LogP contribution in [0.25, 0.3) is 0 Å². The van der Waals surface area contributed by atoms with E-state index in [0.29, 0.717) is 11.4 Å². The largest absolute Gasteiger partial charge is 0.381 e. The first kappa shape index (κ1) is 14.5. The molecule has 0 spiro atoms. The predicted octanol–water partition coefficient (Wildman–Crippen LogP) is 1.38. The van der Waals surface area contributed by atoms with E-state index in [4.69, 9.17) is 11.0 Å². The molecule has 1 rings (SSSR count). The predicted molar refractivity (Wildman–Crippen MR) is 65.9 cm³/mol. The van der Waals surface area contributed by atoms with Gasteiger partial charge in [-0.15, -0.1) is 0 Å². The van der Waals surface area contributed by atoms with Crippen LogP contribution >= 0.6 is 0 Å². The van der Waals surface area contributed by atoms with Crippen LogP contribution in [0.1, 0.15) is 31.5 Å². The van der Waals surface area contributed by atoms with Crippen LogP contribution in [0.15, 0.2) is 0 Å². The number of nitrogen functional groups attached to an aromatic ring is 1. The van der Waals surface area contributed by atoms with Crippen LogP contribution in [0.4, 0.5) is 5.82 Å². The van der Waals surface area contributed by atoms with E-state index in [1.54, 1.807) is 0 Å². The molecule has 1 aromatic heterocycles. The Bertz CT molecular complexity index is 335. The Hall–Kier alpha value is -1.54. The lowest BCUT2D eigenvalue weighted by molar-refractivity contribution is 0.399. The van der Waals surface area contributed by atoms with E-state index >= 15 is 0 Å². The fourth-order valence-electron chi connectivity index (χ4n) is 1.27. The molecule has 0 aromatic carbocycles. The Morgan fingerprint density at radius 3 is 2.56 bits per heavy atom. The second-order valence-corrected chi connectivity index (χ2v) is 3.48. The van der Waals surface area contributed by atoms with Crippen molar-refractivity contribution in [2.75, 3.05) is 26.4 Å². The monoisotopic (exact) mass is 223 g/mol. The van der Waals surface area contributed by atoms with Crippen molar-refractivity contribution in [1.29, 1.82) is 5.26 Å². The third-order valence-electron chi connectivity index (χ3n) is 2.01. The van der Waals surface area contributed by atoms with Crippen molar-refractivity contribution in [3.05, 3.63) is 11.3 Å². The number of nitrogens with two attached hydrogens (primary N) is 1. The van der Waals surface area contributed by atoms with Gasteiger partial charge in [-0.2, -0.15) is 10.4 Å². The maximum atomic E-state index is 8.80. The van der Waals surface area contributed by atoms with Gasteiger partial charge in [0.2, 0.25) is 0 Å². The highest BCUT2D eigenvalue weighted by molar-refractivity contribution is 5.50. The summed E-state index contributed by atoms with van der Waals surface area (Å²) in [6.07, 6.45) is 1.80. The second kappa shape index (κ2) is 7.71. The molecule has 0 unspecified atom stereocenters. The van der Waals surface area contributed by atoms with E-state index < -0.39 is 0 Å². The summed E-state index contributed by atoms with van der Waals surface area (Å²) in [6.45, 7) is 4.99. The minimum absolute atomic E-state index is 0.298. The smallest absolute Gasteiger partial charge is 0.163 e. The Morgan fingerprint density at radius 2 is 2.06 bits per heavy atom. The van der Waals surface area contributed by atoms with E-state index in [9.17, 15) is 0 Å². The first-order chi connectivity index (χ1) is 7.65. The van der Waals surface area contributed by atoms with Gasteiger partial charge in [0.1, 0.15) is 11.6 Å². The molecule has 90 valence electrons. The van der Waals surface area contributed by atoms with Gasteiger partial charge < -0.3 is 10.6 Å². The summed E-state index contributed by atoms with van der Waals surface area (Å²) in [5.74, 6) is 0.298. The van der Waals surface area contributed by atoms with Gasteiger partial charge in [-0.1, -0.05) is 13.8 Å². The number of hydrogen-bond acceptors (Lipinski definition) is 4. The summed E-state index contributed by atoms with van der Waals surface area (Å²) in [5.41, 5.74) is 6.84. The molecule has 16 heavy (non-hydrogen) atoms. The van der Waals surface area contributed by atoms with Crippen molar-refractivity contribution >= 4 is 5.82 Å². The minimum atomic E-state index is 0.298. The normalized spacial score (nSPS) is 9.50. The van der Waals surface area contributed by atoms with E-state index in [1.807, 2.05) is 34.0 Å². The molecule has 0 saturated heterocycles. The molecule has 0 atom stereocenters. The second-order valence-electron chi connectivity index (χ2n) is 3.48. The fraction of sp³-hybridized carbons (Fsp3) is 0.636. The zero-order valence-electron chi connectivity index (χ0n) is 10.5. The SMILES string of the molecule is CC.CN(C)CCCc1[nH]nc(N)c1C#N. The molecule has 1 heterocycles. The van der Waals surface area contributed by atoms with Gasteiger partial charge in [0.15, 0.2) is 5.82 Å². The quantitative estimate of drug-likeness (QED) is 0.808. The van der Waals surface area contributed by atoms with E-state index in [1.165, 1.54) is 0 Å². The summed E-state index contributed by atoms with van der Waals surface area (Å²) < 4.78 is 0. The molecule has 0 aliphatic rings. The van der Waals surface area contributed by atoms with Crippen molar-refractivity contribution in [2.45, 2.75) is 26.7 Å². The summed E-state index contributed by atoms with van der Waals surface area (Å²) in [4.78, 5) is 2.10. The minimum Gasteiger partial charge on any atom is -0.381 e. The number of rotatable bonds is 4. The van der Waals surface area contributed by atoms with Crippen molar-refractivity contribution in [2.24, 2.45) is 0 Å². The van der Waals surface area contributed by atoms with Crippen LogP contribution in [-0.2, 0) is 6.42 Å². The summed E-state index contributed by atoms with van der Waals surface area (Å²) in [6, 6.07) is 2.05. The topological polar surface area (TPSA) is 81.7 Å². The molecule has 0 bridgehead atoms. The van der Waals surface area contributed by atoms with Gasteiger partial charge in [0.05, 0.1) is 5.69 Å². The first-order valence-corrected chi connectivity index (χ1v) is 5.52. The Morgan fingerprint density at radius 1 is 1.44 bits per heavy atom. The van der Waals surface area contributed by atoms with Gasteiger partial charge in [0, 0.05) is 0 Å². The van der Waals surface area contributed by atoms with Crippen LogP contribution in [-0.4, -0.2) is 35.7 Å². The summed E-state index contributed by atoms with van der Waals surface area (Å²) in [5, 5.41) is 15.4. The number of nitriles is 1. The molecule has 0 amide bonds. The zero-order valence-corrected chi connectivity index (χ0v) is 10.5. The number of nitrogens with zero attached hydrogens (tertiary/aromatic N) is 3. The fourth-order valence-corrected chi connectivity index (χ4v) is 1.27. The van der Waals surface area contributed by atoms with Crippen molar-refractivity contribution in [3.8, 4) is 6.07 Å². The van der Waals surface area contributed by atoms with Crippen LogP contribution in [0.5, 0.6) is 0 Å². The number of aromatic amines is 1. The summed E-state index contributed by atoms with van der Waals surface area (Å²) in [7, 11) is 4.04. The van der Waals surface area contributed by atoms with Crippen LogP contribution in [0.3, 0.4) is 0 Å². The van der Waals surface area contributed by atoms with E-state index in [0.717, 1.165) is 25.1 Å². The van der Waals surface area contributed by atoms with Crippen LogP contribution in [0, 0.1) is 11.3 Å². The zero-order chi connectivity index (χ0) is 12.6. The highest BCUT2D eigenvalue weighted by Gasteiger charge is 2.09. The number of nitrogens with one attached hydrogen (secondary N) is 1.